The number of methoxy groups -OCH3 is 2. The molecule has 5 heteroatoms. The number of esters is 1. The third-order valence-corrected chi connectivity index (χ3v) is 3.88. The minimum Gasteiger partial charge on any atom is -0.466 e. The van der Waals surface area contributed by atoms with Crippen LogP contribution in [0.25, 0.3) is 0 Å². The van der Waals surface area contributed by atoms with E-state index in [9.17, 15) is 4.79 Å². The molecule has 18 heavy (non-hydrogen) atoms. The standard InChI is InChI=1S/C13H21NO4/c1-12(2,3)10-9-8(16-4)6-7-13(9,18-14-10)11(15)17-5/h8-9H,6-7H2,1-5H3. The van der Waals surface area contributed by atoms with Gasteiger partial charge < -0.3 is 14.3 Å². The third kappa shape index (κ3) is 1.72. The molecule has 0 N–H and O–H groups in total. The lowest BCUT2D eigenvalue weighted by atomic mass is 9.75. The molecule has 1 aliphatic heterocycles. The number of nitrogens with zero attached hydrogens (tertiary/aromatic N) is 1. The second-order valence-electron chi connectivity index (χ2n) is 5.99. The van der Waals surface area contributed by atoms with Crippen molar-refractivity contribution in [1.29, 1.82) is 0 Å². The van der Waals surface area contributed by atoms with Crippen molar-refractivity contribution in [3.63, 3.8) is 0 Å². The summed E-state index contributed by atoms with van der Waals surface area (Å²) in [5.41, 5.74) is -0.239. The fraction of sp³-hybridized carbons (Fsp3) is 0.846. The van der Waals surface area contributed by atoms with Gasteiger partial charge in [0, 0.05) is 18.9 Å². The van der Waals surface area contributed by atoms with Crippen LogP contribution in [0.5, 0.6) is 0 Å². The second kappa shape index (κ2) is 4.23. The van der Waals surface area contributed by atoms with Crippen molar-refractivity contribution in [2.45, 2.75) is 45.3 Å². The van der Waals surface area contributed by atoms with Gasteiger partial charge in [-0.05, 0) is 6.42 Å². The van der Waals surface area contributed by atoms with E-state index in [0.717, 1.165) is 12.1 Å². The van der Waals surface area contributed by atoms with Gasteiger partial charge in [0.25, 0.3) is 0 Å². The minimum absolute atomic E-state index is 0.0374. The number of hydrogen-bond acceptors (Lipinski definition) is 5. The summed E-state index contributed by atoms with van der Waals surface area (Å²) in [6.45, 7) is 6.19. The van der Waals surface area contributed by atoms with Gasteiger partial charge in [-0.3, -0.25) is 0 Å². The maximum atomic E-state index is 12.1. The van der Waals surface area contributed by atoms with Crippen molar-refractivity contribution in [3.05, 3.63) is 0 Å². The molecule has 0 spiro atoms. The normalized spacial score (nSPS) is 34.8. The van der Waals surface area contributed by atoms with Gasteiger partial charge in [0.05, 0.1) is 24.8 Å². The molecule has 1 saturated carbocycles. The number of oxime groups is 1. The van der Waals surface area contributed by atoms with E-state index in [1.807, 2.05) is 0 Å². The van der Waals surface area contributed by atoms with Crippen LogP contribution in [0, 0.1) is 11.3 Å². The monoisotopic (exact) mass is 255 g/mol. The summed E-state index contributed by atoms with van der Waals surface area (Å²) in [4.78, 5) is 17.6. The lowest BCUT2D eigenvalue weighted by Gasteiger charge is -2.29. The van der Waals surface area contributed by atoms with Crippen LogP contribution in [0.3, 0.4) is 0 Å². The van der Waals surface area contributed by atoms with E-state index in [-0.39, 0.29) is 23.4 Å². The highest BCUT2D eigenvalue weighted by Gasteiger charge is 2.64. The Balaban J connectivity index is 2.39. The Morgan fingerprint density at radius 1 is 1.44 bits per heavy atom. The Morgan fingerprint density at radius 2 is 2.11 bits per heavy atom. The maximum absolute atomic E-state index is 12.1. The lowest BCUT2D eigenvalue weighted by Crippen LogP contribution is -2.48. The summed E-state index contributed by atoms with van der Waals surface area (Å²) in [7, 11) is 3.04. The Bertz CT molecular complexity index is 385. The van der Waals surface area contributed by atoms with Crippen LogP contribution in [-0.2, 0) is 19.1 Å². The van der Waals surface area contributed by atoms with E-state index in [1.54, 1.807) is 7.11 Å². The first kappa shape index (κ1) is 13.3. The topological polar surface area (TPSA) is 57.1 Å². The Kier molecular flexibility index (Phi) is 3.13. The molecule has 102 valence electrons. The molecule has 0 aromatic rings. The fourth-order valence-corrected chi connectivity index (χ4v) is 2.96. The van der Waals surface area contributed by atoms with E-state index in [4.69, 9.17) is 14.3 Å². The van der Waals surface area contributed by atoms with Crippen molar-refractivity contribution in [1.82, 2.24) is 0 Å². The fourth-order valence-electron chi connectivity index (χ4n) is 2.96. The predicted octanol–water partition coefficient (Wildman–Crippen LogP) is 1.76. The quantitative estimate of drug-likeness (QED) is 0.705. The molecule has 0 saturated heterocycles. The van der Waals surface area contributed by atoms with E-state index in [0.29, 0.717) is 6.42 Å². The SMILES string of the molecule is COC(=O)C12CCC(OC)C1C(C(C)(C)C)=NO2. The Hall–Kier alpha value is -1.10. The van der Waals surface area contributed by atoms with E-state index in [1.165, 1.54) is 7.11 Å². The Labute approximate surface area is 107 Å². The molecule has 0 aromatic carbocycles. The molecular formula is C13H21NO4. The van der Waals surface area contributed by atoms with Gasteiger partial charge in [-0.25, -0.2) is 4.79 Å². The third-order valence-electron chi connectivity index (χ3n) is 3.88. The highest BCUT2D eigenvalue weighted by atomic mass is 16.7. The van der Waals surface area contributed by atoms with E-state index >= 15 is 0 Å². The molecule has 3 unspecified atom stereocenters. The van der Waals surface area contributed by atoms with Crippen LogP contribution in [0.15, 0.2) is 5.16 Å². The molecule has 1 fully saturated rings. The summed E-state index contributed by atoms with van der Waals surface area (Å²) in [5, 5.41) is 4.17. The Morgan fingerprint density at radius 3 is 2.61 bits per heavy atom. The summed E-state index contributed by atoms with van der Waals surface area (Å²) in [6.07, 6.45) is 1.33. The average molecular weight is 255 g/mol. The number of carbonyl (C=O) groups excluding carboxylic acids is 1. The maximum Gasteiger partial charge on any atom is 0.353 e. The van der Waals surface area contributed by atoms with Gasteiger partial charge in [0.2, 0.25) is 5.60 Å². The first-order valence-corrected chi connectivity index (χ1v) is 6.24. The number of ether oxygens (including phenoxy) is 2. The molecule has 2 rings (SSSR count). The molecule has 3 atom stereocenters. The zero-order chi connectivity index (χ0) is 13.6. The van der Waals surface area contributed by atoms with Crippen molar-refractivity contribution in [2.75, 3.05) is 14.2 Å². The largest absolute Gasteiger partial charge is 0.466 e. The van der Waals surface area contributed by atoms with Crippen LogP contribution in [0.2, 0.25) is 0 Å². The number of hydrogen-bond donors (Lipinski definition) is 0. The van der Waals surface area contributed by atoms with Crippen molar-refractivity contribution in [2.24, 2.45) is 16.5 Å². The summed E-state index contributed by atoms with van der Waals surface area (Å²) >= 11 is 0. The van der Waals surface area contributed by atoms with Crippen molar-refractivity contribution in [3.8, 4) is 0 Å². The predicted molar refractivity (Wildman–Crippen MR) is 66.2 cm³/mol. The van der Waals surface area contributed by atoms with Crippen molar-refractivity contribution < 1.29 is 19.1 Å². The second-order valence-corrected chi connectivity index (χ2v) is 5.99. The van der Waals surface area contributed by atoms with Crippen molar-refractivity contribution >= 4 is 11.7 Å². The molecule has 1 heterocycles. The summed E-state index contributed by atoms with van der Waals surface area (Å²) < 4.78 is 10.4. The summed E-state index contributed by atoms with van der Waals surface area (Å²) in [5.74, 6) is -0.495. The molecular weight excluding hydrogens is 234 g/mol. The van der Waals surface area contributed by atoms with E-state index in [2.05, 4.69) is 25.9 Å². The first-order chi connectivity index (χ1) is 8.36. The molecule has 5 nitrogen and oxygen atoms in total. The zero-order valence-corrected chi connectivity index (χ0v) is 11.6. The molecule has 1 aliphatic carbocycles. The van der Waals surface area contributed by atoms with E-state index < -0.39 is 5.60 Å². The highest BCUT2D eigenvalue weighted by Crippen LogP contribution is 2.49. The first-order valence-electron chi connectivity index (χ1n) is 6.24. The van der Waals surface area contributed by atoms with Crippen LogP contribution in [0.4, 0.5) is 0 Å². The molecule has 0 radical (unpaired) electrons. The van der Waals surface area contributed by atoms with Crippen LogP contribution < -0.4 is 0 Å². The van der Waals surface area contributed by atoms with Gasteiger partial charge >= 0.3 is 5.97 Å². The van der Waals surface area contributed by atoms with Crippen LogP contribution in [-0.4, -0.2) is 37.6 Å². The smallest absolute Gasteiger partial charge is 0.353 e. The highest BCUT2D eigenvalue weighted by molar-refractivity contribution is 5.99. The molecule has 0 aromatic heterocycles. The molecule has 2 aliphatic rings. The summed E-state index contributed by atoms with van der Waals surface area (Å²) in [6, 6.07) is 0. The van der Waals surface area contributed by atoms with Gasteiger partial charge in [-0.2, -0.15) is 0 Å². The number of rotatable bonds is 2. The van der Waals surface area contributed by atoms with Crippen LogP contribution >= 0.6 is 0 Å². The van der Waals surface area contributed by atoms with Gasteiger partial charge in [0.15, 0.2) is 0 Å². The number of fused-ring (bicyclic) bond motifs is 1. The molecule has 0 bridgehead atoms. The van der Waals surface area contributed by atoms with Gasteiger partial charge in [-0.1, -0.05) is 25.9 Å². The number of carbonyl (C=O) groups is 1. The van der Waals surface area contributed by atoms with Crippen LogP contribution in [0.1, 0.15) is 33.6 Å². The van der Waals surface area contributed by atoms with Gasteiger partial charge in [-0.15, -0.1) is 0 Å². The average Bonchev–Trinajstić information content (AvgIpc) is 2.83. The van der Waals surface area contributed by atoms with Gasteiger partial charge in [0.1, 0.15) is 0 Å². The molecule has 0 amide bonds. The lowest BCUT2D eigenvalue weighted by molar-refractivity contribution is -0.170. The minimum atomic E-state index is -0.974. The zero-order valence-electron chi connectivity index (χ0n) is 11.6.